The molecule has 4 heteroatoms. The predicted octanol–water partition coefficient (Wildman–Crippen LogP) is 1.39. The molecule has 78 valence electrons. The van der Waals surface area contributed by atoms with Crippen LogP contribution in [0, 0.1) is 0 Å². The fourth-order valence-corrected chi connectivity index (χ4v) is 1.07. The number of nitrogens with zero attached hydrogens (tertiary/aromatic N) is 2. The molecule has 1 unspecified atom stereocenters. The first-order chi connectivity index (χ1) is 6.63. The number of nitrogens with one attached hydrogen (secondary N) is 1. The van der Waals surface area contributed by atoms with Gasteiger partial charge >= 0.3 is 0 Å². The zero-order valence-electron chi connectivity index (χ0n) is 8.86. The minimum Gasteiger partial charge on any atom is -0.394 e. The van der Waals surface area contributed by atoms with Gasteiger partial charge in [-0.2, -0.15) is 0 Å². The Morgan fingerprint density at radius 3 is 2.64 bits per heavy atom. The Bertz CT molecular complexity index is 288. The molecule has 4 nitrogen and oxygen atoms in total. The molecule has 1 atom stereocenters. The molecule has 0 fully saturated rings. The maximum Gasteiger partial charge on any atom is 0.129 e. The summed E-state index contributed by atoms with van der Waals surface area (Å²) in [5.74, 6) is 1.16. The average Bonchev–Trinajstić information content (AvgIpc) is 2.18. The number of hydrogen-bond donors (Lipinski definition) is 2. The van der Waals surface area contributed by atoms with Crippen molar-refractivity contribution in [1.29, 1.82) is 0 Å². The summed E-state index contributed by atoms with van der Waals surface area (Å²) in [6, 6.07) is 1.93. The topological polar surface area (TPSA) is 58.0 Å². The molecule has 1 aromatic heterocycles. The predicted molar refractivity (Wildman–Crippen MR) is 56.3 cm³/mol. The maximum atomic E-state index is 8.87. The third-order valence-electron chi connectivity index (χ3n) is 1.95. The van der Waals surface area contributed by atoms with Gasteiger partial charge in [0.1, 0.15) is 12.1 Å². The third-order valence-corrected chi connectivity index (χ3v) is 1.95. The van der Waals surface area contributed by atoms with Crippen LogP contribution < -0.4 is 5.32 Å². The minimum atomic E-state index is 0.0184. The Morgan fingerprint density at radius 2 is 2.07 bits per heavy atom. The molecule has 14 heavy (non-hydrogen) atoms. The van der Waals surface area contributed by atoms with Crippen molar-refractivity contribution >= 4 is 5.82 Å². The van der Waals surface area contributed by atoms with Crippen molar-refractivity contribution in [2.24, 2.45) is 0 Å². The fourth-order valence-electron chi connectivity index (χ4n) is 1.07. The lowest BCUT2D eigenvalue weighted by molar-refractivity contribution is 0.281. The molecule has 0 saturated heterocycles. The van der Waals surface area contributed by atoms with Gasteiger partial charge in [-0.05, 0) is 12.8 Å². The lowest BCUT2D eigenvalue weighted by atomic mass is 10.1. The van der Waals surface area contributed by atoms with Crippen LogP contribution in [0.5, 0.6) is 0 Å². The molecule has 0 aliphatic heterocycles. The summed E-state index contributed by atoms with van der Waals surface area (Å²) in [5, 5.41) is 12.0. The van der Waals surface area contributed by atoms with Crippen LogP contribution >= 0.6 is 0 Å². The van der Waals surface area contributed by atoms with Gasteiger partial charge < -0.3 is 10.4 Å². The van der Waals surface area contributed by atoms with Gasteiger partial charge in [-0.15, -0.1) is 0 Å². The van der Waals surface area contributed by atoms with E-state index >= 15 is 0 Å². The van der Waals surface area contributed by atoms with E-state index in [1.165, 1.54) is 0 Å². The number of anilines is 1. The fraction of sp³-hybridized carbons (Fsp3) is 0.600. The molecule has 1 aromatic rings. The second-order valence-corrected chi connectivity index (χ2v) is 3.71. The summed E-state index contributed by atoms with van der Waals surface area (Å²) in [6.07, 6.45) is 1.54. The number of aliphatic hydroxyl groups excluding tert-OH is 1. The van der Waals surface area contributed by atoms with E-state index in [9.17, 15) is 0 Å². The Morgan fingerprint density at radius 1 is 1.36 bits per heavy atom. The Labute approximate surface area is 84.4 Å². The van der Waals surface area contributed by atoms with Crippen LogP contribution in [0.15, 0.2) is 12.4 Å². The molecule has 2 N–H and O–H groups in total. The van der Waals surface area contributed by atoms with Crippen molar-refractivity contribution in [3.63, 3.8) is 0 Å². The van der Waals surface area contributed by atoms with Crippen molar-refractivity contribution in [3.8, 4) is 0 Å². The van der Waals surface area contributed by atoms with Crippen LogP contribution in [-0.2, 0) is 0 Å². The quantitative estimate of drug-likeness (QED) is 0.762. The summed E-state index contributed by atoms with van der Waals surface area (Å²) >= 11 is 0. The zero-order chi connectivity index (χ0) is 10.6. The molecular formula is C10H17N3O. The third kappa shape index (κ3) is 2.96. The highest BCUT2D eigenvalue weighted by Crippen LogP contribution is 2.13. The van der Waals surface area contributed by atoms with Crippen LogP contribution in [0.2, 0.25) is 0 Å². The second kappa shape index (κ2) is 4.91. The van der Waals surface area contributed by atoms with Crippen molar-refractivity contribution < 1.29 is 5.11 Å². The van der Waals surface area contributed by atoms with E-state index in [1.54, 1.807) is 6.33 Å². The highest BCUT2D eigenvalue weighted by atomic mass is 16.3. The number of aromatic nitrogens is 2. The highest BCUT2D eigenvalue weighted by Gasteiger charge is 2.04. The van der Waals surface area contributed by atoms with Gasteiger partial charge in [-0.25, -0.2) is 9.97 Å². The molecule has 0 bridgehead atoms. The molecule has 0 aliphatic carbocycles. The monoisotopic (exact) mass is 195 g/mol. The Balaban J connectivity index is 2.73. The maximum absolute atomic E-state index is 8.87. The minimum absolute atomic E-state index is 0.0184. The van der Waals surface area contributed by atoms with Crippen LogP contribution in [0.1, 0.15) is 32.4 Å². The van der Waals surface area contributed by atoms with Gasteiger partial charge in [0.2, 0.25) is 0 Å². The molecule has 0 radical (unpaired) electrons. The van der Waals surface area contributed by atoms with Gasteiger partial charge in [0.25, 0.3) is 0 Å². The van der Waals surface area contributed by atoms with E-state index in [-0.39, 0.29) is 12.6 Å². The normalized spacial score (nSPS) is 12.9. The van der Waals surface area contributed by atoms with Crippen molar-refractivity contribution in [2.45, 2.75) is 32.7 Å². The zero-order valence-corrected chi connectivity index (χ0v) is 8.86. The van der Waals surface area contributed by atoms with E-state index in [0.29, 0.717) is 5.92 Å². The highest BCUT2D eigenvalue weighted by molar-refractivity contribution is 5.36. The second-order valence-electron chi connectivity index (χ2n) is 3.71. The SMILES string of the molecule is CC(CO)Nc1cc(C(C)C)ncn1. The number of aliphatic hydroxyl groups is 1. The number of hydrogen-bond acceptors (Lipinski definition) is 4. The van der Waals surface area contributed by atoms with Crippen LogP contribution in [0.4, 0.5) is 5.82 Å². The smallest absolute Gasteiger partial charge is 0.129 e. The lowest BCUT2D eigenvalue weighted by Crippen LogP contribution is -2.20. The van der Waals surface area contributed by atoms with E-state index in [0.717, 1.165) is 11.5 Å². The van der Waals surface area contributed by atoms with Crippen LogP contribution in [-0.4, -0.2) is 27.7 Å². The lowest BCUT2D eigenvalue weighted by Gasteiger charge is -2.12. The van der Waals surface area contributed by atoms with Crippen molar-refractivity contribution in [1.82, 2.24) is 9.97 Å². The molecule has 0 aromatic carbocycles. The summed E-state index contributed by atoms with van der Waals surface area (Å²) in [5.41, 5.74) is 1.01. The molecular weight excluding hydrogens is 178 g/mol. The van der Waals surface area contributed by atoms with Gasteiger partial charge in [0, 0.05) is 17.8 Å². The molecule has 1 heterocycles. The van der Waals surface area contributed by atoms with E-state index < -0.39 is 0 Å². The summed E-state index contributed by atoms with van der Waals surface area (Å²) < 4.78 is 0. The Hall–Kier alpha value is -1.16. The summed E-state index contributed by atoms with van der Waals surface area (Å²) in [6.45, 7) is 6.17. The molecule has 0 saturated carbocycles. The van der Waals surface area contributed by atoms with Gasteiger partial charge in [-0.1, -0.05) is 13.8 Å². The average molecular weight is 195 g/mol. The first kappa shape index (κ1) is 10.9. The largest absolute Gasteiger partial charge is 0.394 e. The van der Waals surface area contributed by atoms with Crippen molar-refractivity contribution in [3.05, 3.63) is 18.1 Å². The Kier molecular flexibility index (Phi) is 3.83. The molecule has 0 spiro atoms. The van der Waals surface area contributed by atoms with E-state index in [4.69, 9.17) is 5.11 Å². The molecule has 0 aliphatic rings. The first-order valence-electron chi connectivity index (χ1n) is 4.82. The van der Waals surface area contributed by atoms with Crippen LogP contribution in [0.3, 0.4) is 0 Å². The first-order valence-corrected chi connectivity index (χ1v) is 4.82. The van der Waals surface area contributed by atoms with Crippen LogP contribution in [0.25, 0.3) is 0 Å². The molecule has 0 amide bonds. The van der Waals surface area contributed by atoms with E-state index in [2.05, 4.69) is 29.1 Å². The molecule has 1 rings (SSSR count). The number of rotatable bonds is 4. The van der Waals surface area contributed by atoms with Gasteiger partial charge in [-0.3, -0.25) is 0 Å². The van der Waals surface area contributed by atoms with Gasteiger partial charge in [0.15, 0.2) is 0 Å². The van der Waals surface area contributed by atoms with Crippen molar-refractivity contribution in [2.75, 3.05) is 11.9 Å². The van der Waals surface area contributed by atoms with E-state index in [1.807, 2.05) is 13.0 Å². The van der Waals surface area contributed by atoms with Gasteiger partial charge in [0.05, 0.1) is 6.61 Å². The summed E-state index contributed by atoms with van der Waals surface area (Å²) in [7, 11) is 0. The standard InChI is InChI=1S/C10H17N3O/c1-7(2)9-4-10(12-6-11-9)13-8(3)5-14/h4,6-8,14H,5H2,1-3H3,(H,11,12,13). The summed E-state index contributed by atoms with van der Waals surface area (Å²) in [4.78, 5) is 8.23.